The lowest BCUT2D eigenvalue weighted by molar-refractivity contribution is -0.109. The molecule has 106 valence electrons. The molecule has 1 N–H and O–H groups in total. The highest BCUT2D eigenvalue weighted by molar-refractivity contribution is 5.55. The van der Waals surface area contributed by atoms with E-state index >= 15 is 0 Å². The van der Waals surface area contributed by atoms with E-state index in [1.807, 2.05) is 30.3 Å². The van der Waals surface area contributed by atoms with E-state index in [0.29, 0.717) is 25.5 Å². The third-order valence-electron chi connectivity index (χ3n) is 3.72. The van der Waals surface area contributed by atoms with Crippen LogP contribution in [0.2, 0.25) is 0 Å². The lowest BCUT2D eigenvalue weighted by atomic mass is 9.89. The first-order chi connectivity index (χ1) is 9.68. The molecule has 1 saturated heterocycles. The number of aromatic nitrogens is 1. The van der Waals surface area contributed by atoms with Crippen LogP contribution in [-0.4, -0.2) is 33.7 Å². The van der Waals surface area contributed by atoms with Gasteiger partial charge in [-0.15, -0.1) is 0 Å². The Morgan fingerprint density at radius 1 is 1.30 bits per heavy atom. The summed E-state index contributed by atoms with van der Waals surface area (Å²) < 4.78 is 5.77. The molecule has 1 aromatic carbocycles. The van der Waals surface area contributed by atoms with Crippen molar-refractivity contribution in [2.75, 3.05) is 13.1 Å². The first-order valence-electron chi connectivity index (χ1n) is 7.13. The predicted molar refractivity (Wildman–Crippen MR) is 77.1 cm³/mol. The molecule has 2 heterocycles. The highest BCUT2D eigenvalue weighted by Gasteiger charge is 2.40. The second-order valence-electron chi connectivity index (χ2n) is 5.60. The zero-order chi connectivity index (χ0) is 14.0. The summed E-state index contributed by atoms with van der Waals surface area (Å²) in [6, 6.07) is 9.97. The van der Waals surface area contributed by atoms with Crippen LogP contribution in [0.25, 0.3) is 11.3 Å². The Kier molecular flexibility index (Phi) is 3.59. The topological polar surface area (TPSA) is 49.5 Å². The second kappa shape index (κ2) is 5.38. The van der Waals surface area contributed by atoms with E-state index in [0.717, 1.165) is 24.2 Å². The van der Waals surface area contributed by atoms with Gasteiger partial charge in [-0.05, 0) is 6.42 Å². The molecule has 0 unspecified atom stereocenters. The monoisotopic (exact) mass is 272 g/mol. The smallest absolute Gasteiger partial charge is 0.209 e. The van der Waals surface area contributed by atoms with E-state index in [2.05, 4.69) is 16.8 Å². The normalized spacial score (nSPS) is 17.9. The molecule has 0 spiro atoms. The minimum atomic E-state index is -0.496. The van der Waals surface area contributed by atoms with Crippen LogP contribution in [0.3, 0.4) is 0 Å². The van der Waals surface area contributed by atoms with Gasteiger partial charge in [-0.25, -0.2) is 4.98 Å². The summed E-state index contributed by atoms with van der Waals surface area (Å²) in [6.45, 7) is 4.19. The summed E-state index contributed by atoms with van der Waals surface area (Å²) in [5.74, 6) is 1.51. The average molecular weight is 272 g/mol. The van der Waals surface area contributed by atoms with Crippen molar-refractivity contribution in [1.29, 1.82) is 0 Å². The number of aliphatic hydroxyl groups is 1. The van der Waals surface area contributed by atoms with Crippen molar-refractivity contribution in [2.45, 2.75) is 31.9 Å². The number of rotatable bonds is 5. The molecule has 0 aliphatic carbocycles. The highest BCUT2D eigenvalue weighted by atomic mass is 16.4. The maximum absolute atomic E-state index is 10.1. The van der Waals surface area contributed by atoms with E-state index in [4.69, 9.17) is 4.42 Å². The maximum atomic E-state index is 10.1. The number of likely N-dealkylation sites (tertiary alicyclic amines) is 1. The standard InChI is InChI=1S/C16H20N2O2/c1-2-8-16(19)11-18(12-16)10-15-17-9-14(20-15)13-6-4-3-5-7-13/h3-7,9,19H,2,8,10-12H2,1H3. The van der Waals surface area contributed by atoms with Gasteiger partial charge in [0.2, 0.25) is 5.89 Å². The van der Waals surface area contributed by atoms with Crippen molar-refractivity contribution in [3.63, 3.8) is 0 Å². The van der Waals surface area contributed by atoms with Crippen LogP contribution in [0.4, 0.5) is 0 Å². The number of benzene rings is 1. The number of oxazole rings is 1. The summed E-state index contributed by atoms with van der Waals surface area (Å²) in [5.41, 5.74) is 0.543. The fourth-order valence-electron chi connectivity index (χ4n) is 2.83. The lowest BCUT2D eigenvalue weighted by Gasteiger charge is -2.46. The lowest BCUT2D eigenvalue weighted by Crippen LogP contribution is -2.60. The minimum absolute atomic E-state index is 0.496. The Bertz CT molecular complexity index is 559. The molecule has 0 bridgehead atoms. The van der Waals surface area contributed by atoms with Crippen molar-refractivity contribution in [3.8, 4) is 11.3 Å². The van der Waals surface area contributed by atoms with Crippen LogP contribution in [0.1, 0.15) is 25.7 Å². The summed E-state index contributed by atoms with van der Waals surface area (Å²) in [4.78, 5) is 6.48. The molecule has 3 rings (SSSR count). The van der Waals surface area contributed by atoms with Gasteiger partial charge in [0.25, 0.3) is 0 Å². The van der Waals surface area contributed by atoms with Crippen LogP contribution in [0.5, 0.6) is 0 Å². The molecule has 0 amide bonds. The van der Waals surface area contributed by atoms with E-state index in [9.17, 15) is 5.11 Å². The number of β-amino-alcohol motifs (C(OH)–C–C–N with tert-alkyl or cyclic N) is 1. The SMILES string of the molecule is CCCC1(O)CN(Cc2ncc(-c3ccccc3)o2)C1. The molecule has 0 saturated carbocycles. The van der Waals surface area contributed by atoms with Gasteiger partial charge in [-0.2, -0.15) is 0 Å². The molecule has 4 heteroatoms. The minimum Gasteiger partial charge on any atom is -0.439 e. The quantitative estimate of drug-likeness (QED) is 0.909. The zero-order valence-corrected chi connectivity index (χ0v) is 11.7. The molecule has 1 aliphatic rings. The Hall–Kier alpha value is -1.65. The van der Waals surface area contributed by atoms with Gasteiger partial charge in [0, 0.05) is 18.7 Å². The molecule has 0 radical (unpaired) electrons. The summed E-state index contributed by atoms with van der Waals surface area (Å²) in [6.07, 6.45) is 3.65. The van der Waals surface area contributed by atoms with Crippen molar-refractivity contribution >= 4 is 0 Å². The molecule has 20 heavy (non-hydrogen) atoms. The molecule has 0 atom stereocenters. The Morgan fingerprint density at radius 2 is 2.05 bits per heavy atom. The van der Waals surface area contributed by atoms with Crippen molar-refractivity contribution < 1.29 is 9.52 Å². The molecule has 1 fully saturated rings. The third kappa shape index (κ3) is 2.76. The highest BCUT2D eigenvalue weighted by Crippen LogP contribution is 2.28. The summed E-state index contributed by atoms with van der Waals surface area (Å²) in [7, 11) is 0. The fourth-order valence-corrected chi connectivity index (χ4v) is 2.83. The van der Waals surface area contributed by atoms with Crippen molar-refractivity contribution in [1.82, 2.24) is 9.88 Å². The average Bonchev–Trinajstić information content (AvgIpc) is 2.87. The summed E-state index contributed by atoms with van der Waals surface area (Å²) in [5, 5.41) is 10.1. The molecule has 1 aliphatic heterocycles. The number of hydrogen-bond acceptors (Lipinski definition) is 4. The summed E-state index contributed by atoms with van der Waals surface area (Å²) >= 11 is 0. The van der Waals surface area contributed by atoms with Crippen LogP contribution in [0.15, 0.2) is 40.9 Å². The Morgan fingerprint density at radius 3 is 2.75 bits per heavy atom. The molecular formula is C16H20N2O2. The largest absolute Gasteiger partial charge is 0.439 e. The van der Waals surface area contributed by atoms with Gasteiger partial charge >= 0.3 is 0 Å². The third-order valence-corrected chi connectivity index (χ3v) is 3.72. The van der Waals surface area contributed by atoms with E-state index in [1.165, 1.54) is 0 Å². The fraction of sp³-hybridized carbons (Fsp3) is 0.438. The number of hydrogen-bond donors (Lipinski definition) is 1. The Balaban J connectivity index is 1.59. The van der Waals surface area contributed by atoms with Gasteiger partial charge in [-0.3, -0.25) is 4.90 Å². The molecule has 2 aromatic rings. The zero-order valence-electron chi connectivity index (χ0n) is 11.7. The van der Waals surface area contributed by atoms with Gasteiger partial charge in [0.05, 0.1) is 18.3 Å². The number of nitrogens with zero attached hydrogens (tertiary/aromatic N) is 2. The molecule has 1 aromatic heterocycles. The first kappa shape index (κ1) is 13.3. The van der Waals surface area contributed by atoms with Crippen LogP contribution >= 0.6 is 0 Å². The van der Waals surface area contributed by atoms with Crippen LogP contribution < -0.4 is 0 Å². The van der Waals surface area contributed by atoms with E-state index < -0.39 is 5.60 Å². The van der Waals surface area contributed by atoms with Crippen molar-refractivity contribution in [2.24, 2.45) is 0 Å². The maximum Gasteiger partial charge on any atom is 0.209 e. The van der Waals surface area contributed by atoms with Gasteiger partial charge in [0.15, 0.2) is 5.76 Å². The van der Waals surface area contributed by atoms with Gasteiger partial charge in [0.1, 0.15) is 0 Å². The molecular weight excluding hydrogens is 252 g/mol. The first-order valence-corrected chi connectivity index (χ1v) is 7.13. The predicted octanol–water partition coefficient (Wildman–Crippen LogP) is 2.69. The Labute approximate surface area is 119 Å². The van der Waals surface area contributed by atoms with Crippen LogP contribution in [0, 0.1) is 0 Å². The van der Waals surface area contributed by atoms with Gasteiger partial charge in [-0.1, -0.05) is 43.7 Å². The van der Waals surface area contributed by atoms with Crippen LogP contribution in [-0.2, 0) is 6.54 Å². The van der Waals surface area contributed by atoms with Crippen molar-refractivity contribution in [3.05, 3.63) is 42.4 Å². The van der Waals surface area contributed by atoms with E-state index in [1.54, 1.807) is 6.20 Å². The van der Waals surface area contributed by atoms with E-state index in [-0.39, 0.29) is 0 Å². The molecule has 4 nitrogen and oxygen atoms in total. The second-order valence-corrected chi connectivity index (χ2v) is 5.60. The van der Waals surface area contributed by atoms with Gasteiger partial charge < -0.3 is 9.52 Å².